The Kier molecular flexibility index (Phi) is 5.92. The van der Waals surface area contributed by atoms with Crippen LogP contribution in [0.15, 0.2) is 30.3 Å². The van der Waals surface area contributed by atoms with Crippen molar-refractivity contribution in [1.82, 2.24) is 5.32 Å². The Labute approximate surface area is 147 Å². The van der Waals surface area contributed by atoms with Gasteiger partial charge in [0.05, 0.1) is 26.2 Å². The molecule has 1 aromatic rings. The molecule has 24 heavy (non-hydrogen) atoms. The minimum atomic E-state index is -0.152. The number of amides is 1. The van der Waals surface area contributed by atoms with Gasteiger partial charge in [-0.1, -0.05) is 39.0 Å². The number of nitrogens with zero attached hydrogens (tertiary/aromatic N) is 1. The number of piperazine rings is 1. The number of nitrogens with one attached hydrogen (secondary N) is 2. The third-order valence-corrected chi connectivity index (χ3v) is 4.45. The Morgan fingerprint density at radius 3 is 2.21 bits per heavy atom. The molecule has 0 aliphatic carbocycles. The van der Waals surface area contributed by atoms with E-state index in [1.807, 2.05) is 0 Å². The molecule has 1 saturated heterocycles. The molecular formula is C20H34N3O+. The summed E-state index contributed by atoms with van der Waals surface area (Å²) in [6.45, 7) is 15.5. The largest absolute Gasteiger partial charge is 0.360 e. The van der Waals surface area contributed by atoms with Crippen molar-refractivity contribution >= 4 is 11.6 Å². The molecule has 0 aromatic heterocycles. The fourth-order valence-corrected chi connectivity index (χ4v) is 3.92. The number of carbonyl (C=O) groups is 1. The summed E-state index contributed by atoms with van der Waals surface area (Å²) in [5.41, 5.74) is 1.35. The number of para-hydroxylation sites is 1. The van der Waals surface area contributed by atoms with Crippen molar-refractivity contribution in [2.24, 2.45) is 5.41 Å². The molecule has 0 unspecified atom stereocenters. The molecule has 0 spiro atoms. The number of rotatable bonds is 5. The summed E-state index contributed by atoms with van der Waals surface area (Å²) < 4.78 is 0. The second-order valence-corrected chi connectivity index (χ2v) is 8.92. The van der Waals surface area contributed by atoms with Gasteiger partial charge in [-0.15, -0.1) is 0 Å². The first-order valence-corrected chi connectivity index (χ1v) is 9.09. The summed E-state index contributed by atoms with van der Waals surface area (Å²) in [5.74, 6) is 0.174. The minimum absolute atomic E-state index is 0.152. The fourth-order valence-electron chi connectivity index (χ4n) is 3.92. The van der Waals surface area contributed by atoms with Gasteiger partial charge in [0.1, 0.15) is 0 Å². The van der Waals surface area contributed by atoms with Crippen molar-refractivity contribution in [3.8, 4) is 0 Å². The molecule has 2 rings (SSSR count). The highest BCUT2D eigenvalue weighted by Crippen LogP contribution is 2.26. The molecule has 0 atom stereocenters. The van der Waals surface area contributed by atoms with E-state index < -0.39 is 0 Å². The maximum Gasteiger partial charge on any atom is 0.275 e. The van der Waals surface area contributed by atoms with Crippen LogP contribution in [0.25, 0.3) is 0 Å². The zero-order valence-electron chi connectivity index (χ0n) is 16.0. The molecular weight excluding hydrogens is 298 g/mol. The lowest BCUT2D eigenvalue weighted by Gasteiger charge is -2.35. The quantitative estimate of drug-likeness (QED) is 0.861. The topological polar surface area (TPSA) is 36.8 Å². The predicted octanol–water partition coefficient (Wildman–Crippen LogP) is 1.72. The molecule has 1 fully saturated rings. The Hall–Kier alpha value is -1.55. The first kappa shape index (κ1) is 18.8. The zero-order chi connectivity index (χ0) is 17.8. The van der Waals surface area contributed by atoms with Gasteiger partial charge in [0.2, 0.25) is 0 Å². The number of anilines is 1. The van der Waals surface area contributed by atoms with Crippen LogP contribution in [0.1, 0.15) is 41.0 Å². The van der Waals surface area contributed by atoms with Gasteiger partial charge in [-0.05, 0) is 37.8 Å². The summed E-state index contributed by atoms with van der Waals surface area (Å²) >= 11 is 0. The Morgan fingerprint density at radius 2 is 1.67 bits per heavy atom. The number of carbonyl (C=O) groups excluding carboxylic acids is 1. The summed E-state index contributed by atoms with van der Waals surface area (Å²) in [6, 6.07) is 10.5. The molecule has 1 aliphatic rings. The highest BCUT2D eigenvalue weighted by atomic mass is 16.2. The van der Waals surface area contributed by atoms with Crippen LogP contribution in [-0.4, -0.2) is 44.2 Å². The van der Waals surface area contributed by atoms with Crippen LogP contribution >= 0.6 is 0 Å². The van der Waals surface area contributed by atoms with E-state index in [1.165, 1.54) is 10.6 Å². The van der Waals surface area contributed by atoms with E-state index in [4.69, 9.17) is 0 Å². The highest BCUT2D eigenvalue weighted by molar-refractivity contribution is 5.77. The van der Waals surface area contributed by atoms with Crippen molar-refractivity contribution in [3.05, 3.63) is 30.3 Å². The molecule has 1 heterocycles. The lowest BCUT2D eigenvalue weighted by Crippen LogP contribution is -3.16. The van der Waals surface area contributed by atoms with Gasteiger partial charge >= 0.3 is 0 Å². The molecule has 0 saturated carbocycles. The van der Waals surface area contributed by atoms with E-state index in [1.54, 1.807) is 0 Å². The van der Waals surface area contributed by atoms with Gasteiger partial charge in [0, 0.05) is 11.2 Å². The maximum atomic E-state index is 12.4. The predicted molar refractivity (Wildman–Crippen MR) is 101 cm³/mol. The van der Waals surface area contributed by atoms with Crippen LogP contribution in [0.3, 0.4) is 0 Å². The zero-order valence-corrected chi connectivity index (χ0v) is 16.0. The summed E-state index contributed by atoms with van der Waals surface area (Å²) in [4.78, 5) is 16.2. The van der Waals surface area contributed by atoms with Crippen LogP contribution in [-0.2, 0) is 4.79 Å². The van der Waals surface area contributed by atoms with Crippen molar-refractivity contribution < 1.29 is 9.69 Å². The Balaban J connectivity index is 1.78. The lowest BCUT2D eigenvalue weighted by atomic mass is 9.82. The van der Waals surface area contributed by atoms with Gasteiger partial charge in [-0.25, -0.2) is 0 Å². The van der Waals surface area contributed by atoms with Crippen molar-refractivity contribution in [1.29, 1.82) is 0 Å². The van der Waals surface area contributed by atoms with Gasteiger partial charge in [-0.2, -0.15) is 0 Å². The van der Waals surface area contributed by atoms with E-state index in [0.29, 0.717) is 6.54 Å². The van der Waals surface area contributed by atoms with Crippen molar-refractivity contribution in [2.75, 3.05) is 37.6 Å². The van der Waals surface area contributed by atoms with Gasteiger partial charge in [-0.3, -0.25) is 4.79 Å². The first-order valence-electron chi connectivity index (χ1n) is 9.09. The third kappa shape index (κ3) is 6.16. The first-order chi connectivity index (χ1) is 11.1. The standard InChI is InChI=1S/C20H33N3O/c1-19(2,3)16-20(4,5)21-18(24)15-22-11-13-23(14-12-22)17-9-7-6-8-10-17/h6-10H,11-16H2,1-5H3,(H,21,24)/p+1. The fraction of sp³-hybridized carbons (Fsp3) is 0.650. The maximum absolute atomic E-state index is 12.4. The lowest BCUT2D eigenvalue weighted by molar-refractivity contribution is -0.892. The summed E-state index contributed by atoms with van der Waals surface area (Å²) in [5, 5.41) is 3.23. The summed E-state index contributed by atoms with van der Waals surface area (Å²) in [6.07, 6.45) is 0.975. The Morgan fingerprint density at radius 1 is 1.08 bits per heavy atom. The van der Waals surface area contributed by atoms with Crippen LogP contribution in [0.4, 0.5) is 5.69 Å². The summed E-state index contributed by atoms with van der Waals surface area (Å²) in [7, 11) is 0. The monoisotopic (exact) mass is 332 g/mol. The van der Waals surface area contributed by atoms with E-state index in [-0.39, 0.29) is 16.9 Å². The number of quaternary nitrogens is 1. The molecule has 4 nitrogen and oxygen atoms in total. The van der Waals surface area contributed by atoms with Crippen LogP contribution in [0.2, 0.25) is 0 Å². The van der Waals surface area contributed by atoms with Gasteiger partial charge in [0.15, 0.2) is 6.54 Å². The second kappa shape index (κ2) is 7.56. The normalized spacial score (nSPS) is 17.0. The van der Waals surface area contributed by atoms with E-state index >= 15 is 0 Å². The molecule has 134 valence electrons. The van der Waals surface area contributed by atoms with Crippen molar-refractivity contribution in [3.63, 3.8) is 0 Å². The number of benzene rings is 1. The highest BCUT2D eigenvalue weighted by Gasteiger charge is 2.29. The second-order valence-electron chi connectivity index (χ2n) is 8.92. The average molecular weight is 333 g/mol. The van der Waals surface area contributed by atoms with E-state index in [9.17, 15) is 4.79 Å². The molecule has 1 aromatic carbocycles. The third-order valence-electron chi connectivity index (χ3n) is 4.45. The molecule has 1 amide bonds. The number of hydrogen-bond acceptors (Lipinski definition) is 2. The molecule has 0 bridgehead atoms. The van der Waals surface area contributed by atoms with E-state index in [2.05, 4.69) is 75.2 Å². The van der Waals surface area contributed by atoms with Crippen LogP contribution < -0.4 is 15.1 Å². The molecule has 1 aliphatic heterocycles. The van der Waals surface area contributed by atoms with E-state index in [0.717, 1.165) is 32.6 Å². The minimum Gasteiger partial charge on any atom is -0.360 e. The van der Waals surface area contributed by atoms with Gasteiger partial charge in [0.25, 0.3) is 5.91 Å². The number of hydrogen-bond donors (Lipinski definition) is 2. The Bertz CT molecular complexity index is 526. The van der Waals surface area contributed by atoms with Gasteiger partial charge < -0.3 is 15.1 Å². The molecule has 2 N–H and O–H groups in total. The smallest absolute Gasteiger partial charge is 0.275 e. The van der Waals surface area contributed by atoms with Crippen LogP contribution in [0.5, 0.6) is 0 Å². The molecule has 0 radical (unpaired) electrons. The average Bonchev–Trinajstić information content (AvgIpc) is 2.45. The van der Waals surface area contributed by atoms with Crippen LogP contribution in [0, 0.1) is 5.41 Å². The van der Waals surface area contributed by atoms with Crippen molar-refractivity contribution in [2.45, 2.75) is 46.6 Å². The molecule has 4 heteroatoms. The SMILES string of the molecule is CC(C)(C)CC(C)(C)NC(=O)C[NH+]1CCN(c2ccccc2)CC1.